The lowest BCUT2D eigenvalue weighted by Gasteiger charge is -2.14. The van der Waals surface area contributed by atoms with E-state index in [0.717, 1.165) is 23.1 Å². The maximum Gasteiger partial charge on any atom is 0.181 e. The molecule has 0 saturated heterocycles. The Hall–Kier alpha value is -1.84. The van der Waals surface area contributed by atoms with Crippen molar-refractivity contribution in [2.24, 2.45) is 5.92 Å². The number of benzene rings is 1. The van der Waals surface area contributed by atoms with Gasteiger partial charge in [-0.25, -0.2) is 4.98 Å². The van der Waals surface area contributed by atoms with Crippen molar-refractivity contribution in [3.05, 3.63) is 30.1 Å². The minimum absolute atomic E-state index is 0.615. The van der Waals surface area contributed by atoms with E-state index in [9.17, 15) is 0 Å². The Balaban J connectivity index is 1.72. The van der Waals surface area contributed by atoms with Gasteiger partial charge in [0.1, 0.15) is 5.82 Å². The molecular formula is C16H22N4. The Labute approximate surface area is 120 Å². The van der Waals surface area contributed by atoms with Gasteiger partial charge >= 0.3 is 0 Å². The fraction of sp³-hybridized carbons (Fsp3) is 0.500. The van der Waals surface area contributed by atoms with Gasteiger partial charge in [0.2, 0.25) is 0 Å². The summed E-state index contributed by atoms with van der Waals surface area (Å²) in [6.07, 6.45) is 5.23. The summed E-state index contributed by atoms with van der Waals surface area (Å²) in [5, 5.41) is 10.8. The number of nitrogens with one attached hydrogen (secondary N) is 2. The third kappa shape index (κ3) is 2.84. The number of aromatic nitrogens is 3. The van der Waals surface area contributed by atoms with Gasteiger partial charge in [0.05, 0.1) is 0 Å². The molecule has 0 radical (unpaired) electrons. The number of aryl methyl sites for hydroxylation is 1. The summed E-state index contributed by atoms with van der Waals surface area (Å²) in [5.74, 6) is 2.51. The number of nitrogens with zero attached hydrogens (tertiary/aromatic N) is 2. The van der Waals surface area contributed by atoms with Crippen LogP contribution in [0.2, 0.25) is 0 Å². The molecule has 0 amide bonds. The van der Waals surface area contributed by atoms with E-state index in [-0.39, 0.29) is 0 Å². The monoisotopic (exact) mass is 270 g/mol. The maximum absolute atomic E-state index is 4.38. The molecule has 2 unspecified atom stereocenters. The van der Waals surface area contributed by atoms with Crippen LogP contribution in [0, 0.1) is 12.8 Å². The highest BCUT2D eigenvalue weighted by molar-refractivity contribution is 5.62. The van der Waals surface area contributed by atoms with Gasteiger partial charge in [-0.3, -0.25) is 5.10 Å². The zero-order chi connectivity index (χ0) is 13.9. The number of H-pyrrole nitrogens is 1. The predicted molar refractivity (Wildman–Crippen MR) is 81.6 cm³/mol. The average molecular weight is 270 g/mol. The molecule has 0 bridgehead atoms. The highest BCUT2D eigenvalue weighted by Crippen LogP contribution is 2.30. The molecule has 0 spiro atoms. The molecule has 1 heterocycles. The predicted octanol–water partition coefficient (Wildman–Crippen LogP) is 3.77. The molecule has 1 aromatic carbocycles. The van der Waals surface area contributed by atoms with E-state index in [4.69, 9.17) is 0 Å². The molecule has 0 aliphatic heterocycles. The quantitative estimate of drug-likeness (QED) is 0.889. The highest BCUT2D eigenvalue weighted by atomic mass is 15.2. The van der Waals surface area contributed by atoms with Crippen LogP contribution >= 0.6 is 0 Å². The molecule has 2 aromatic rings. The van der Waals surface area contributed by atoms with Gasteiger partial charge in [-0.1, -0.05) is 25.5 Å². The lowest BCUT2D eigenvalue weighted by atomic mass is 10.1. The first-order chi connectivity index (χ1) is 9.74. The van der Waals surface area contributed by atoms with E-state index in [1.807, 2.05) is 6.92 Å². The molecule has 1 aliphatic carbocycles. The second-order valence-corrected chi connectivity index (χ2v) is 5.75. The topological polar surface area (TPSA) is 53.6 Å². The number of hydrogen-bond acceptors (Lipinski definition) is 3. The molecule has 1 aliphatic rings. The summed E-state index contributed by atoms with van der Waals surface area (Å²) >= 11 is 0. The minimum atomic E-state index is 0.615. The Morgan fingerprint density at radius 2 is 2.25 bits per heavy atom. The lowest BCUT2D eigenvalue weighted by Crippen LogP contribution is -2.15. The van der Waals surface area contributed by atoms with Crippen molar-refractivity contribution in [1.82, 2.24) is 15.2 Å². The SMILES string of the molecule is CCC1CCC(Nc2cccc(-c3n[nH]c(C)n3)c2)C1. The Kier molecular flexibility index (Phi) is 3.72. The lowest BCUT2D eigenvalue weighted by molar-refractivity contribution is 0.525. The first kappa shape index (κ1) is 13.2. The summed E-state index contributed by atoms with van der Waals surface area (Å²) in [7, 11) is 0. The number of anilines is 1. The van der Waals surface area contributed by atoms with Crippen LogP contribution in [0.1, 0.15) is 38.4 Å². The molecule has 106 valence electrons. The molecule has 3 rings (SSSR count). The molecule has 1 fully saturated rings. The van der Waals surface area contributed by atoms with Crippen LogP contribution in [-0.2, 0) is 0 Å². The molecular weight excluding hydrogens is 248 g/mol. The van der Waals surface area contributed by atoms with Gasteiger partial charge < -0.3 is 5.32 Å². The van der Waals surface area contributed by atoms with Crippen LogP contribution in [0.4, 0.5) is 5.69 Å². The number of aromatic amines is 1. The molecule has 1 aromatic heterocycles. The summed E-state index contributed by atoms with van der Waals surface area (Å²) in [6, 6.07) is 9.00. The van der Waals surface area contributed by atoms with E-state index in [0.29, 0.717) is 6.04 Å². The Morgan fingerprint density at radius 1 is 1.35 bits per heavy atom. The zero-order valence-corrected chi connectivity index (χ0v) is 12.2. The van der Waals surface area contributed by atoms with Crippen molar-refractivity contribution in [3.63, 3.8) is 0 Å². The van der Waals surface area contributed by atoms with Gasteiger partial charge in [0, 0.05) is 17.3 Å². The standard InChI is InChI=1S/C16H22N4/c1-3-12-7-8-15(9-12)18-14-6-4-5-13(10-14)16-17-11(2)19-20-16/h4-6,10,12,15,18H,3,7-9H2,1-2H3,(H,17,19,20). The number of rotatable bonds is 4. The smallest absolute Gasteiger partial charge is 0.181 e. The van der Waals surface area contributed by atoms with Crippen molar-refractivity contribution in [2.45, 2.75) is 45.6 Å². The van der Waals surface area contributed by atoms with Gasteiger partial charge in [0.25, 0.3) is 0 Å². The average Bonchev–Trinajstić information content (AvgIpc) is 3.08. The maximum atomic E-state index is 4.38. The first-order valence-electron chi connectivity index (χ1n) is 7.50. The zero-order valence-electron chi connectivity index (χ0n) is 12.2. The van der Waals surface area contributed by atoms with E-state index < -0.39 is 0 Å². The van der Waals surface area contributed by atoms with Crippen LogP contribution in [0.5, 0.6) is 0 Å². The molecule has 1 saturated carbocycles. The molecule has 20 heavy (non-hydrogen) atoms. The molecule has 4 nitrogen and oxygen atoms in total. The van der Waals surface area contributed by atoms with E-state index in [1.54, 1.807) is 0 Å². The minimum Gasteiger partial charge on any atom is -0.382 e. The molecule has 4 heteroatoms. The Morgan fingerprint density at radius 3 is 2.95 bits per heavy atom. The van der Waals surface area contributed by atoms with Gasteiger partial charge in [-0.15, -0.1) is 0 Å². The van der Waals surface area contributed by atoms with E-state index in [2.05, 4.69) is 51.7 Å². The van der Waals surface area contributed by atoms with Crippen LogP contribution in [0.25, 0.3) is 11.4 Å². The second-order valence-electron chi connectivity index (χ2n) is 5.75. The summed E-state index contributed by atoms with van der Waals surface area (Å²) < 4.78 is 0. The van der Waals surface area contributed by atoms with Crippen molar-refractivity contribution < 1.29 is 0 Å². The fourth-order valence-electron chi connectivity index (χ4n) is 3.03. The van der Waals surface area contributed by atoms with Crippen LogP contribution in [-0.4, -0.2) is 21.2 Å². The number of hydrogen-bond donors (Lipinski definition) is 2. The van der Waals surface area contributed by atoms with Gasteiger partial charge in [0.15, 0.2) is 5.82 Å². The molecule has 2 atom stereocenters. The largest absolute Gasteiger partial charge is 0.382 e. The highest BCUT2D eigenvalue weighted by Gasteiger charge is 2.23. The van der Waals surface area contributed by atoms with Crippen molar-refractivity contribution >= 4 is 5.69 Å². The van der Waals surface area contributed by atoms with Crippen LogP contribution in [0.3, 0.4) is 0 Å². The first-order valence-corrected chi connectivity index (χ1v) is 7.50. The van der Waals surface area contributed by atoms with Gasteiger partial charge in [-0.2, -0.15) is 5.10 Å². The van der Waals surface area contributed by atoms with Crippen LogP contribution < -0.4 is 5.32 Å². The van der Waals surface area contributed by atoms with Crippen molar-refractivity contribution in [3.8, 4) is 11.4 Å². The normalized spacial score (nSPS) is 22.1. The van der Waals surface area contributed by atoms with Gasteiger partial charge in [-0.05, 0) is 44.2 Å². The van der Waals surface area contributed by atoms with Crippen molar-refractivity contribution in [2.75, 3.05) is 5.32 Å². The third-order valence-electron chi connectivity index (χ3n) is 4.21. The fourth-order valence-corrected chi connectivity index (χ4v) is 3.03. The third-order valence-corrected chi connectivity index (χ3v) is 4.21. The second kappa shape index (κ2) is 5.65. The van der Waals surface area contributed by atoms with E-state index in [1.165, 1.54) is 31.4 Å². The van der Waals surface area contributed by atoms with Crippen LogP contribution in [0.15, 0.2) is 24.3 Å². The van der Waals surface area contributed by atoms with Crippen molar-refractivity contribution in [1.29, 1.82) is 0 Å². The summed E-state index contributed by atoms with van der Waals surface area (Å²) in [4.78, 5) is 4.38. The summed E-state index contributed by atoms with van der Waals surface area (Å²) in [6.45, 7) is 4.21. The molecule has 2 N–H and O–H groups in total. The summed E-state index contributed by atoms with van der Waals surface area (Å²) in [5.41, 5.74) is 2.23. The van der Waals surface area contributed by atoms with E-state index >= 15 is 0 Å². The Bertz CT molecular complexity index is 575.